The number of rotatable bonds is 1. The van der Waals surface area contributed by atoms with Gasteiger partial charge in [0.25, 0.3) is 0 Å². The van der Waals surface area contributed by atoms with E-state index in [0.29, 0.717) is 0 Å². The lowest BCUT2D eigenvalue weighted by Crippen LogP contribution is -2.02. The molecule has 0 saturated carbocycles. The molecule has 0 fully saturated rings. The lowest BCUT2D eigenvalue weighted by atomic mass is 10.3. The standard InChI is InChI=1S/C6H9N2P/c1-2-5-3-7-6(9)8-4-5/h3-4H,2,9H2,1H3. The third kappa shape index (κ3) is 1.72. The van der Waals surface area contributed by atoms with Crippen molar-refractivity contribution in [3.8, 4) is 0 Å². The second kappa shape index (κ2) is 2.88. The van der Waals surface area contributed by atoms with Crippen molar-refractivity contribution >= 4 is 14.8 Å². The summed E-state index contributed by atoms with van der Waals surface area (Å²) < 4.78 is 0. The lowest BCUT2D eigenvalue weighted by molar-refractivity contribution is 1.07. The minimum absolute atomic E-state index is 0.757. The van der Waals surface area contributed by atoms with Gasteiger partial charge in [0.1, 0.15) is 5.57 Å². The van der Waals surface area contributed by atoms with E-state index in [9.17, 15) is 0 Å². The topological polar surface area (TPSA) is 25.8 Å². The molecule has 1 rings (SSSR count). The number of hydrogen-bond acceptors (Lipinski definition) is 2. The van der Waals surface area contributed by atoms with Crippen molar-refractivity contribution in [3.63, 3.8) is 0 Å². The second-order valence-corrected chi connectivity index (χ2v) is 2.32. The highest BCUT2D eigenvalue weighted by molar-refractivity contribution is 7.26. The van der Waals surface area contributed by atoms with Gasteiger partial charge in [0, 0.05) is 12.4 Å². The summed E-state index contributed by atoms with van der Waals surface area (Å²) in [4.78, 5) is 8.00. The third-order valence-electron chi connectivity index (χ3n) is 1.13. The molecule has 9 heavy (non-hydrogen) atoms. The molecule has 1 unspecified atom stereocenters. The van der Waals surface area contributed by atoms with Crippen molar-refractivity contribution in [2.75, 3.05) is 0 Å². The van der Waals surface area contributed by atoms with Gasteiger partial charge in [-0.05, 0) is 12.0 Å². The number of hydrogen-bond donors (Lipinski definition) is 0. The summed E-state index contributed by atoms with van der Waals surface area (Å²) in [5, 5.41) is 0. The molecule has 1 atom stereocenters. The monoisotopic (exact) mass is 140 g/mol. The second-order valence-electron chi connectivity index (χ2n) is 1.80. The average molecular weight is 140 g/mol. The van der Waals surface area contributed by atoms with E-state index in [1.807, 2.05) is 12.4 Å². The van der Waals surface area contributed by atoms with Gasteiger partial charge in [-0.25, -0.2) is 9.97 Å². The van der Waals surface area contributed by atoms with E-state index < -0.39 is 0 Å². The van der Waals surface area contributed by atoms with Gasteiger partial charge in [0.15, 0.2) is 0 Å². The van der Waals surface area contributed by atoms with Gasteiger partial charge in [-0.1, -0.05) is 16.2 Å². The molecule has 2 nitrogen and oxygen atoms in total. The van der Waals surface area contributed by atoms with Crippen molar-refractivity contribution in [1.82, 2.24) is 9.97 Å². The van der Waals surface area contributed by atoms with Crippen molar-refractivity contribution in [3.05, 3.63) is 18.0 Å². The normalized spacial score (nSPS) is 9.56. The number of nitrogens with zero attached hydrogens (tertiary/aromatic N) is 2. The van der Waals surface area contributed by atoms with Crippen LogP contribution in [-0.2, 0) is 6.42 Å². The molecule has 0 aliphatic rings. The molecule has 0 radical (unpaired) electrons. The Bertz CT molecular complexity index is 183. The first-order valence-electron chi connectivity index (χ1n) is 2.89. The van der Waals surface area contributed by atoms with Crippen LogP contribution in [0.1, 0.15) is 12.5 Å². The molecule has 1 heterocycles. The summed E-state index contributed by atoms with van der Waals surface area (Å²) in [6.45, 7) is 2.08. The van der Waals surface area contributed by atoms with Crippen molar-refractivity contribution < 1.29 is 0 Å². The van der Waals surface area contributed by atoms with Crippen LogP contribution in [0, 0.1) is 0 Å². The first-order chi connectivity index (χ1) is 4.33. The van der Waals surface area contributed by atoms with E-state index in [-0.39, 0.29) is 0 Å². The molecule has 0 N–H and O–H groups in total. The molecule has 0 aliphatic heterocycles. The Labute approximate surface area is 56.9 Å². The first kappa shape index (κ1) is 6.63. The van der Waals surface area contributed by atoms with E-state index in [2.05, 4.69) is 26.1 Å². The maximum atomic E-state index is 4.00. The SMILES string of the molecule is CCc1cnc(P)nc1. The van der Waals surface area contributed by atoms with Gasteiger partial charge in [0.05, 0.1) is 0 Å². The summed E-state index contributed by atoms with van der Waals surface area (Å²) in [6.07, 6.45) is 4.69. The van der Waals surface area contributed by atoms with E-state index in [1.165, 1.54) is 5.56 Å². The van der Waals surface area contributed by atoms with Gasteiger partial charge in [-0.3, -0.25) is 0 Å². The Morgan fingerprint density at radius 2 is 2.00 bits per heavy atom. The van der Waals surface area contributed by atoms with Crippen LogP contribution in [0.3, 0.4) is 0 Å². The zero-order chi connectivity index (χ0) is 6.69. The molecule has 0 aromatic carbocycles. The third-order valence-corrected chi connectivity index (χ3v) is 1.43. The van der Waals surface area contributed by atoms with E-state index in [4.69, 9.17) is 0 Å². The quantitative estimate of drug-likeness (QED) is 0.532. The molecule has 3 heteroatoms. The average Bonchev–Trinajstić information content (AvgIpc) is 1.90. The Morgan fingerprint density at radius 1 is 1.44 bits per heavy atom. The molecule has 0 saturated heterocycles. The van der Waals surface area contributed by atoms with Crippen molar-refractivity contribution in [2.45, 2.75) is 13.3 Å². The van der Waals surface area contributed by atoms with Crippen molar-refractivity contribution in [2.24, 2.45) is 0 Å². The molecule has 0 bridgehead atoms. The Hall–Kier alpha value is -0.490. The predicted octanol–water partition coefficient (Wildman–Crippen LogP) is 0.539. The summed E-state index contributed by atoms with van der Waals surface area (Å²) >= 11 is 0. The smallest absolute Gasteiger partial charge is 0.144 e. The molecule has 0 spiro atoms. The molecule has 1 aromatic heterocycles. The van der Waals surface area contributed by atoms with E-state index in [0.717, 1.165) is 12.0 Å². The number of aryl methyl sites for hydroxylation is 1. The van der Waals surface area contributed by atoms with Gasteiger partial charge in [0.2, 0.25) is 0 Å². The van der Waals surface area contributed by atoms with Gasteiger partial charge < -0.3 is 0 Å². The number of aromatic nitrogens is 2. The minimum atomic E-state index is 0.757. The maximum absolute atomic E-state index is 4.00. The predicted molar refractivity (Wildman–Crippen MR) is 40.8 cm³/mol. The molecular weight excluding hydrogens is 131 g/mol. The van der Waals surface area contributed by atoms with Gasteiger partial charge >= 0.3 is 0 Å². The summed E-state index contributed by atoms with van der Waals surface area (Å²) in [5.41, 5.74) is 1.94. The summed E-state index contributed by atoms with van der Waals surface area (Å²) in [6, 6.07) is 0. The zero-order valence-corrected chi connectivity index (χ0v) is 6.49. The molecule has 0 aliphatic carbocycles. The van der Waals surface area contributed by atoms with Crippen LogP contribution in [0.2, 0.25) is 0 Å². The van der Waals surface area contributed by atoms with Gasteiger partial charge in [-0.2, -0.15) is 0 Å². The summed E-state index contributed by atoms with van der Waals surface area (Å²) in [7, 11) is 2.45. The highest BCUT2D eigenvalue weighted by Crippen LogP contribution is 1.92. The Balaban J connectivity index is 2.88. The first-order valence-corrected chi connectivity index (χ1v) is 3.47. The van der Waals surface area contributed by atoms with Crippen LogP contribution < -0.4 is 5.57 Å². The van der Waals surface area contributed by atoms with Gasteiger partial charge in [-0.15, -0.1) is 0 Å². The fraction of sp³-hybridized carbons (Fsp3) is 0.333. The molecule has 0 amide bonds. The Kier molecular flexibility index (Phi) is 2.12. The van der Waals surface area contributed by atoms with Crippen LogP contribution >= 0.6 is 9.24 Å². The van der Waals surface area contributed by atoms with E-state index >= 15 is 0 Å². The molecule has 48 valence electrons. The fourth-order valence-corrected chi connectivity index (χ4v) is 0.696. The highest BCUT2D eigenvalue weighted by Gasteiger charge is 1.87. The highest BCUT2D eigenvalue weighted by atomic mass is 31.0. The van der Waals surface area contributed by atoms with Crippen LogP contribution in [0.4, 0.5) is 0 Å². The maximum Gasteiger partial charge on any atom is 0.144 e. The Morgan fingerprint density at radius 3 is 2.44 bits per heavy atom. The molecular formula is C6H9N2P. The zero-order valence-electron chi connectivity index (χ0n) is 5.33. The van der Waals surface area contributed by atoms with E-state index in [1.54, 1.807) is 0 Å². The van der Waals surface area contributed by atoms with Crippen LogP contribution in [0.5, 0.6) is 0 Å². The minimum Gasteiger partial charge on any atom is -0.237 e. The molecule has 1 aromatic rings. The largest absolute Gasteiger partial charge is 0.237 e. The van der Waals surface area contributed by atoms with Crippen LogP contribution in [0.25, 0.3) is 0 Å². The van der Waals surface area contributed by atoms with Crippen LogP contribution in [0.15, 0.2) is 12.4 Å². The van der Waals surface area contributed by atoms with Crippen molar-refractivity contribution in [1.29, 1.82) is 0 Å². The van der Waals surface area contributed by atoms with Crippen LogP contribution in [-0.4, -0.2) is 9.97 Å². The lowest BCUT2D eigenvalue weighted by Gasteiger charge is -1.92. The summed E-state index contributed by atoms with van der Waals surface area (Å²) in [5.74, 6) is 0. The fourth-order valence-electron chi connectivity index (χ4n) is 0.547.